The quantitative estimate of drug-likeness (QED) is 0.898. The van der Waals surface area contributed by atoms with Gasteiger partial charge < -0.3 is 15.4 Å². The van der Waals surface area contributed by atoms with Gasteiger partial charge in [-0.2, -0.15) is 0 Å². The highest BCUT2D eigenvalue weighted by molar-refractivity contribution is 5.92. The number of carbonyl (C=O) groups excluding carboxylic acids is 1. The van der Waals surface area contributed by atoms with Crippen molar-refractivity contribution < 1.29 is 9.53 Å². The van der Waals surface area contributed by atoms with Crippen LogP contribution in [0.2, 0.25) is 0 Å². The molecule has 5 nitrogen and oxygen atoms in total. The fourth-order valence-electron chi connectivity index (χ4n) is 2.11. The molecule has 1 amide bonds. The Labute approximate surface area is 119 Å². The summed E-state index contributed by atoms with van der Waals surface area (Å²) >= 11 is 0. The molecule has 2 rings (SSSR count). The van der Waals surface area contributed by atoms with E-state index in [-0.39, 0.29) is 30.5 Å². The van der Waals surface area contributed by atoms with Gasteiger partial charge in [0, 0.05) is 6.54 Å². The Hall–Kier alpha value is -1.33. The average molecular weight is 286 g/mol. The molecule has 0 aromatic carbocycles. The summed E-state index contributed by atoms with van der Waals surface area (Å²) in [5.74, 6) is -0.0444. The van der Waals surface area contributed by atoms with Gasteiger partial charge in [0.05, 0.1) is 30.6 Å². The molecule has 106 valence electrons. The normalized spacial score (nSPS) is 22.7. The minimum absolute atomic E-state index is 0. The van der Waals surface area contributed by atoms with E-state index in [0.29, 0.717) is 24.5 Å². The minimum Gasteiger partial charge on any atom is -0.397 e. The number of ether oxygens (including phenoxy) is 1. The molecule has 6 heteroatoms. The number of nitrogens with two attached hydrogens (primary N) is 1. The molecule has 2 unspecified atom stereocenters. The number of amides is 1. The van der Waals surface area contributed by atoms with E-state index in [4.69, 9.17) is 10.5 Å². The molecule has 1 aliphatic rings. The molecule has 2 atom stereocenters. The second-order valence-electron chi connectivity index (χ2n) is 4.64. The Morgan fingerprint density at radius 1 is 1.58 bits per heavy atom. The fraction of sp³-hybridized carbons (Fsp3) is 0.538. The molecule has 1 saturated heterocycles. The van der Waals surface area contributed by atoms with Crippen LogP contribution >= 0.6 is 12.4 Å². The highest BCUT2D eigenvalue weighted by Crippen LogP contribution is 2.17. The number of nitrogen functional groups attached to an aromatic ring is 1. The van der Waals surface area contributed by atoms with Crippen molar-refractivity contribution in [2.45, 2.75) is 32.4 Å². The van der Waals surface area contributed by atoms with Gasteiger partial charge in [0.25, 0.3) is 5.91 Å². The van der Waals surface area contributed by atoms with Gasteiger partial charge in [-0.1, -0.05) is 6.92 Å². The van der Waals surface area contributed by atoms with Crippen LogP contribution < -0.4 is 5.73 Å². The molecule has 19 heavy (non-hydrogen) atoms. The summed E-state index contributed by atoms with van der Waals surface area (Å²) in [5.41, 5.74) is 6.58. The molecular formula is C13H20ClN3O2. The third-order valence-corrected chi connectivity index (χ3v) is 3.21. The smallest absolute Gasteiger partial charge is 0.272 e. The van der Waals surface area contributed by atoms with Crippen LogP contribution in [-0.2, 0) is 4.74 Å². The first-order valence-corrected chi connectivity index (χ1v) is 6.26. The lowest BCUT2D eigenvalue weighted by atomic mass is 10.1. The molecule has 1 fully saturated rings. The van der Waals surface area contributed by atoms with E-state index in [2.05, 4.69) is 11.9 Å². The highest BCUT2D eigenvalue weighted by atomic mass is 35.5. The predicted octanol–water partition coefficient (Wildman–Crippen LogP) is 1.73. The zero-order valence-electron chi connectivity index (χ0n) is 11.2. The van der Waals surface area contributed by atoms with Gasteiger partial charge in [-0.25, -0.2) is 4.98 Å². The summed E-state index contributed by atoms with van der Waals surface area (Å²) < 4.78 is 5.58. The van der Waals surface area contributed by atoms with E-state index in [0.717, 1.165) is 6.42 Å². The summed E-state index contributed by atoms with van der Waals surface area (Å²) in [6, 6.07) is 3.50. The number of carbonyl (C=O) groups is 1. The van der Waals surface area contributed by atoms with Crippen molar-refractivity contribution in [3.05, 3.63) is 24.0 Å². The first-order chi connectivity index (χ1) is 8.61. The standard InChI is InChI=1S/C13H19N3O2.ClH/c1-3-11-8-18-9(2)7-16(11)13(17)12-5-4-10(14)6-15-12;/h4-6,9,11H,3,7-8,14H2,1-2H3;1H. The van der Waals surface area contributed by atoms with E-state index in [1.165, 1.54) is 6.20 Å². The lowest BCUT2D eigenvalue weighted by Gasteiger charge is -2.38. The molecule has 1 aromatic heterocycles. The van der Waals surface area contributed by atoms with Crippen molar-refractivity contribution in [3.8, 4) is 0 Å². The number of halogens is 1. The molecule has 2 heterocycles. The third-order valence-electron chi connectivity index (χ3n) is 3.21. The van der Waals surface area contributed by atoms with Crippen molar-refractivity contribution in [1.82, 2.24) is 9.88 Å². The van der Waals surface area contributed by atoms with Crippen LogP contribution in [0, 0.1) is 0 Å². The van der Waals surface area contributed by atoms with E-state index in [1.807, 2.05) is 11.8 Å². The molecule has 0 radical (unpaired) electrons. The summed E-state index contributed by atoms with van der Waals surface area (Å²) in [7, 11) is 0. The molecule has 0 spiro atoms. The van der Waals surface area contributed by atoms with Crippen molar-refractivity contribution >= 4 is 24.0 Å². The number of anilines is 1. The monoisotopic (exact) mass is 285 g/mol. The molecular weight excluding hydrogens is 266 g/mol. The number of pyridine rings is 1. The van der Waals surface area contributed by atoms with Crippen LogP contribution in [-0.4, -0.2) is 41.1 Å². The van der Waals surface area contributed by atoms with Gasteiger partial charge in [-0.05, 0) is 25.5 Å². The Morgan fingerprint density at radius 2 is 2.32 bits per heavy atom. The zero-order valence-corrected chi connectivity index (χ0v) is 12.0. The SMILES string of the molecule is CCC1COC(C)CN1C(=O)c1ccc(N)cn1.Cl. The maximum atomic E-state index is 12.4. The van der Waals surface area contributed by atoms with Crippen molar-refractivity contribution in [1.29, 1.82) is 0 Å². The number of hydrogen-bond acceptors (Lipinski definition) is 4. The van der Waals surface area contributed by atoms with Crippen LogP contribution in [0.4, 0.5) is 5.69 Å². The summed E-state index contributed by atoms with van der Waals surface area (Å²) in [6.07, 6.45) is 2.47. The van der Waals surface area contributed by atoms with E-state index < -0.39 is 0 Å². The first kappa shape index (κ1) is 15.7. The fourth-order valence-corrected chi connectivity index (χ4v) is 2.11. The van der Waals surface area contributed by atoms with Gasteiger partial charge >= 0.3 is 0 Å². The number of rotatable bonds is 2. The van der Waals surface area contributed by atoms with E-state index in [9.17, 15) is 4.79 Å². The first-order valence-electron chi connectivity index (χ1n) is 6.26. The summed E-state index contributed by atoms with van der Waals surface area (Å²) in [5, 5.41) is 0. The third kappa shape index (κ3) is 3.58. The second kappa shape index (κ2) is 6.73. The van der Waals surface area contributed by atoms with E-state index >= 15 is 0 Å². The van der Waals surface area contributed by atoms with Gasteiger partial charge in [-0.3, -0.25) is 4.79 Å². The predicted molar refractivity (Wildman–Crippen MR) is 76.4 cm³/mol. The summed E-state index contributed by atoms with van der Waals surface area (Å²) in [6.45, 7) is 5.24. The second-order valence-corrected chi connectivity index (χ2v) is 4.64. The number of hydrogen-bond donors (Lipinski definition) is 1. The molecule has 0 saturated carbocycles. The van der Waals surface area contributed by atoms with Crippen molar-refractivity contribution in [2.75, 3.05) is 18.9 Å². The van der Waals surface area contributed by atoms with E-state index in [1.54, 1.807) is 12.1 Å². The Bertz CT molecular complexity index is 424. The Balaban J connectivity index is 0.00000180. The molecule has 2 N–H and O–H groups in total. The van der Waals surface area contributed by atoms with Gasteiger partial charge in [0.15, 0.2) is 0 Å². The molecule has 1 aromatic rings. The summed E-state index contributed by atoms with van der Waals surface area (Å²) in [4.78, 5) is 18.3. The lowest BCUT2D eigenvalue weighted by molar-refractivity contribution is -0.0445. The largest absolute Gasteiger partial charge is 0.397 e. The Morgan fingerprint density at radius 3 is 2.89 bits per heavy atom. The van der Waals surface area contributed by atoms with Gasteiger partial charge in [0.1, 0.15) is 5.69 Å². The zero-order chi connectivity index (χ0) is 13.1. The van der Waals surface area contributed by atoms with Crippen LogP contribution in [0.25, 0.3) is 0 Å². The highest BCUT2D eigenvalue weighted by Gasteiger charge is 2.30. The van der Waals surface area contributed by atoms with Crippen molar-refractivity contribution in [3.63, 3.8) is 0 Å². The van der Waals surface area contributed by atoms with Gasteiger partial charge in [0.2, 0.25) is 0 Å². The van der Waals surface area contributed by atoms with Gasteiger partial charge in [-0.15, -0.1) is 12.4 Å². The molecule has 0 aliphatic carbocycles. The Kier molecular flexibility index (Phi) is 5.57. The maximum absolute atomic E-state index is 12.4. The molecule has 0 bridgehead atoms. The minimum atomic E-state index is -0.0444. The van der Waals surface area contributed by atoms with Crippen LogP contribution in [0.3, 0.4) is 0 Å². The van der Waals surface area contributed by atoms with Crippen LogP contribution in [0.5, 0.6) is 0 Å². The van der Waals surface area contributed by atoms with Crippen LogP contribution in [0.15, 0.2) is 18.3 Å². The topological polar surface area (TPSA) is 68.5 Å². The molecule has 1 aliphatic heterocycles. The number of nitrogens with zero attached hydrogens (tertiary/aromatic N) is 2. The van der Waals surface area contributed by atoms with Crippen LogP contribution in [0.1, 0.15) is 30.8 Å². The maximum Gasteiger partial charge on any atom is 0.272 e. The van der Waals surface area contributed by atoms with Crippen molar-refractivity contribution in [2.24, 2.45) is 0 Å². The number of morpholine rings is 1. The lowest BCUT2D eigenvalue weighted by Crippen LogP contribution is -2.51. The average Bonchev–Trinajstić information content (AvgIpc) is 2.39. The number of aromatic nitrogens is 1.